The van der Waals surface area contributed by atoms with Crippen molar-refractivity contribution in [1.82, 2.24) is 9.97 Å². The van der Waals surface area contributed by atoms with Crippen LogP contribution in [0.5, 0.6) is 0 Å². The highest BCUT2D eigenvalue weighted by atomic mass is 16.6. The molecule has 0 saturated carbocycles. The number of aromatic nitrogens is 2. The Hall–Kier alpha value is -2.50. The average Bonchev–Trinajstić information content (AvgIpc) is 2.45. The number of nitro groups is 1. The molecule has 0 aliphatic heterocycles. The Morgan fingerprint density at radius 1 is 1.15 bits per heavy atom. The highest BCUT2D eigenvalue weighted by molar-refractivity contribution is 5.70. The molecular weight excluding hydrogens is 256 g/mol. The first-order chi connectivity index (χ1) is 9.58. The number of hydrogen-bond donors (Lipinski definition) is 1. The second-order valence-corrected chi connectivity index (χ2v) is 3.94. The lowest BCUT2D eigenvalue weighted by molar-refractivity contribution is -0.384. The number of benzene rings is 1. The maximum absolute atomic E-state index is 10.9. The molecule has 0 aliphatic rings. The molecule has 1 aromatic carbocycles. The fourth-order valence-corrected chi connectivity index (χ4v) is 1.54. The van der Waals surface area contributed by atoms with Crippen LogP contribution in [0.3, 0.4) is 0 Å². The molecule has 1 aromatic heterocycles. The van der Waals surface area contributed by atoms with Gasteiger partial charge in [-0.25, -0.2) is 9.97 Å². The number of para-hydroxylation sites is 1. The maximum Gasteiger partial charge on any atom is 0.293 e. The summed E-state index contributed by atoms with van der Waals surface area (Å²) in [6, 6.07) is 4.89. The van der Waals surface area contributed by atoms with Gasteiger partial charge in [0.15, 0.2) is 0 Å². The third-order valence-corrected chi connectivity index (χ3v) is 2.47. The highest BCUT2D eigenvalue weighted by Crippen LogP contribution is 2.29. The van der Waals surface area contributed by atoms with Crippen molar-refractivity contribution in [2.75, 3.05) is 5.32 Å². The zero-order valence-electron chi connectivity index (χ0n) is 12.0. The number of rotatable bonds is 3. The normalized spacial score (nSPS) is 9.40. The number of anilines is 2. The van der Waals surface area contributed by atoms with Crippen molar-refractivity contribution in [3.63, 3.8) is 0 Å². The molecule has 1 N–H and O–H groups in total. The van der Waals surface area contributed by atoms with Crippen molar-refractivity contribution in [3.8, 4) is 0 Å². The minimum absolute atomic E-state index is 0.0131. The van der Waals surface area contributed by atoms with Crippen LogP contribution in [0, 0.1) is 24.0 Å². The van der Waals surface area contributed by atoms with E-state index in [2.05, 4.69) is 15.3 Å². The molecule has 0 spiro atoms. The summed E-state index contributed by atoms with van der Waals surface area (Å²) >= 11 is 0. The van der Waals surface area contributed by atoms with Crippen LogP contribution in [0.2, 0.25) is 0 Å². The van der Waals surface area contributed by atoms with Crippen LogP contribution in [0.4, 0.5) is 17.3 Å². The third-order valence-electron chi connectivity index (χ3n) is 2.47. The molecule has 6 heteroatoms. The van der Waals surface area contributed by atoms with E-state index in [0.29, 0.717) is 11.6 Å². The molecule has 2 rings (SSSR count). The van der Waals surface area contributed by atoms with Gasteiger partial charge in [-0.1, -0.05) is 26.0 Å². The Morgan fingerprint density at radius 2 is 1.75 bits per heavy atom. The molecular formula is C14H18N4O2. The lowest BCUT2D eigenvalue weighted by Crippen LogP contribution is -2.02. The van der Waals surface area contributed by atoms with Gasteiger partial charge in [-0.3, -0.25) is 10.1 Å². The lowest BCUT2D eigenvalue weighted by atomic mass is 10.1. The summed E-state index contributed by atoms with van der Waals surface area (Å²) in [5, 5.41) is 13.8. The molecule has 0 unspecified atom stereocenters. The van der Waals surface area contributed by atoms with Crippen molar-refractivity contribution >= 4 is 17.3 Å². The second-order valence-electron chi connectivity index (χ2n) is 3.94. The van der Waals surface area contributed by atoms with E-state index in [1.165, 1.54) is 6.07 Å². The minimum Gasteiger partial charge on any atom is -0.318 e. The fourth-order valence-electron chi connectivity index (χ4n) is 1.54. The summed E-state index contributed by atoms with van der Waals surface area (Å²) < 4.78 is 0. The number of nitrogens with zero attached hydrogens (tertiary/aromatic N) is 3. The topological polar surface area (TPSA) is 81.0 Å². The Kier molecular flexibility index (Phi) is 5.58. The van der Waals surface area contributed by atoms with Gasteiger partial charge in [-0.2, -0.15) is 0 Å². The summed E-state index contributed by atoms with van der Waals surface area (Å²) in [6.07, 6.45) is 3.30. The summed E-state index contributed by atoms with van der Waals surface area (Å²) in [4.78, 5) is 18.7. The van der Waals surface area contributed by atoms with E-state index in [4.69, 9.17) is 0 Å². The molecule has 2 aromatic rings. The van der Waals surface area contributed by atoms with E-state index < -0.39 is 4.92 Å². The SMILES string of the molecule is CC.Cc1cnc(Nc2c(C)cccc2[N+](=O)[O-])nc1. The molecule has 106 valence electrons. The van der Waals surface area contributed by atoms with Crippen molar-refractivity contribution < 1.29 is 4.92 Å². The smallest absolute Gasteiger partial charge is 0.293 e. The summed E-state index contributed by atoms with van der Waals surface area (Å²) in [5.41, 5.74) is 2.14. The second kappa shape index (κ2) is 7.18. The fraction of sp³-hybridized carbons (Fsp3) is 0.286. The largest absolute Gasteiger partial charge is 0.318 e. The van der Waals surface area contributed by atoms with Crippen molar-refractivity contribution in [2.24, 2.45) is 0 Å². The Labute approximate surface area is 118 Å². The van der Waals surface area contributed by atoms with Gasteiger partial charge in [0, 0.05) is 18.5 Å². The predicted molar refractivity (Wildman–Crippen MR) is 79.2 cm³/mol. The first-order valence-corrected chi connectivity index (χ1v) is 6.37. The van der Waals surface area contributed by atoms with Crippen molar-refractivity contribution in [1.29, 1.82) is 0 Å². The van der Waals surface area contributed by atoms with Crippen molar-refractivity contribution in [3.05, 3.63) is 51.8 Å². The molecule has 0 amide bonds. The van der Waals surface area contributed by atoms with Gasteiger partial charge in [0.1, 0.15) is 5.69 Å². The number of nitro benzene ring substituents is 1. The highest BCUT2D eigenvalue weighted by Gasteiger charge is 2.16. The lowest BCUT2D eigenvalue weighted by Gasteiger charge is -2.08. The number of hydrogen-bond acceptors (Lipinski definition) is 5. The van der Waals surface area contributed by atoms with Crippen LogP contribution in [0.15, 0.2) is 30.6 Å². The van der Waals surface area contributed by atoms with E-state index in [0.717, 1.165) is 11.1 Å². The van der Waals surface area contributed by atoms with Crippen LogP contribution < -0.4 is 5.32 Å². The predicted octanol–water partition coefficient (Wildman–Crippen LogP) is 3.77. The zero-order valence-corrected chi connectivity index (χ0v) is 12.0. The van der Waals surface area contributed by atoms with Crippen LogP contribution >= 0.6 is 0 Å². The monoisotopic (exact) mass is 274 g/mol. The van der Waals surface area contributed by atoms with Crippen LogP contribution in [0.1, 0.15) is 25.0 Å². The summed E-state index contributed by atoms with van der Waals surface area (Å²) in [6.45, 7) is 7.67. The van der Waals surface area contributed by atoms with Gasteiger partial charge in [-0.05, 0) is 25.0 Å². The number of nitrogens with one attached hydrogen (secondary N) is 1. The summed E-state index contributed by atoms with van der Waals surface area (Å²) in [5.74, 6) is 0.345. The zero-order chi connectivity index (χ0) is 15.1. The number of aryl methyl sites for hydroxylation is 2. The first kappa shape index (κ1) is 15.6. The molecule has 0 fully saturated rings. The molecule has 20 heavy (non-hydrogen) atoms. The quantitative estimate of drug-likeness (QED) is 0.680. The maximum atomic E-state index is 10.9. The molecule has 6 nitrogen and oxygen atoms in total. The third kappa shape index (κ3) is 3.74. The van der Waals surface area contributed by atoms with Gasteiger partial charge < -0.3 is 5.32 Å². The van der Waals surface area contributed by atoms with Gasteiger partial charge >= 0.3 is 0 Å². The van der Waals surface area contributed by atoms with Crippen LogP contribution in [0.25, 0.3) is 0 Å². The van der Waals surface area contributed by atoms with E-state index in [1.54, 1.807) is 31.5 Å². The standard InChI is InChI=1S/C12H12N4O2.C2H6/c1-8-6-13-12(14-7-8)15-11-9(2)4-3-5-10(11)16(17)18;1-2/h3-7H,1-2H3,(H,13,14,15);1-2H3. The van der Waals surface area contributed by atoms with Crippen LogP contribution in [-0.4, -0.2) is 14.9 Å². The minimum atomic E-state index is -0.427. The Morgan fingerprint density at radius 3 is 2.30 bits per heavy atom. The molecule has 0 bridgehead atoms. The van der Waals surface area contributed by atoms with E-state index in [-0.39, 0.29) is 5.69 Å². The molecule has 0 atom stereocenters. The van der Waals surface area contributed by atoms with E-state index in [1.807, 2.05) is 20.8 Å². The van der Waals surface area contributed by atoms with E-state index in [9.17, 15) is 10.1 Å². The molecule has 0 saturated heterocycles. The summed E-state index contributed by atoms with van der Waals surface area (Å²) in [7, 11) is 0. The average molecular weight is 274 g/mol. The molecule has 1 heterocycles. The van der Waals surface area contributed by atoms with Gasteiger partial charge in [0.05, 0.1) is 4.92 Å². The molecule has 0 radical (unpaired) electrons. The van der Waals surface area contributed by atoms with Crippen LogP contribution in [-0.2, 0) is 0 Å². The molecule has 0 aliphatic carbocycles. The van der Waals surface area contributed by atoms with Gasteiger partial charge in [-0.15, -0.1) is 0 Å². The van der Waals surface area contributed by atoms with Gasteiger partial charge in [0.25, 0.3) is 5.69 Å². The van der Waals surface area contributed by atoms with Crippen molar-refractivity contribution in [2.45, 2.75) is 27.7 Å². The Balaban J connectivity index is 0.000000956. The Bertz CT molecular complexity index is 582. The van der Waals surface area contributed by atoms with Gasteiger partial charge in [0.2, 0.25) is 5.95 Å². The van der Waals surface area contributed by atoms with E-state index >= 15 is 0 Å². The first-order valence-electron chi connectivity index (χ1n) is 6.37.